The highest BCUT2D eigenvalue weighted by molar-refractivity contribution is 7.46. The Bertz CT molecular complexity index is 605. The molecule has 0 aromatic heterocycles. The quantitative estimate of drug-likeness (QED) is 0.386. The summed E-state index contributed by atoms with van der Waals surface area (Å²) in [5.74, 6) is -3.64. The van der Waals surface area contributed by atoms with Gasteiger partial charge in [-0.3, -0.25) is 9.32 Å². The van der Waals surface area contributed by atoms with Crippen molar-refractivity contribution in [2.45, 2.75) is 30.7 Å². The van der Waals surface area contributed by atoms with E-state index in [0.717, 1.165) is 24.1 Å². The second-order valence-corrected chi connectivity index (χ2v) is 6.55. The first-order chi connectivity index (χ1) is 10.4. The first kappa shape index (κ1) is 18.0. The number of ether oxygens (including phenoxy) is 1. The normalized spacial score (nSPS) is 38.1. The van der Waals surface area contributed by atoms with Gasteiger partial charge < -0.3 is 35.0 Å². The summed E-state index contributed by atoms with van der Waals surface area (Å²) in [5, 5.41) is 22.6. The number of phosphoric ester groups is 1. The van der Waals surface area contributed by atoms with E-state index in [9.17, 15) is 24.0 Å². The van der Waals surface area contributed by atoms with E-state index in [1.165, 1.54) is 0 Å². The van der Waals surface area contributed by atoms with E-state index in [1.54, 1.807) is 0 Å². The Morgan fingerprint density at radius 3 is 2.74 bits per heavy atom. The lowest BCUT2D eigenvalue weighted by atomic mass is 9.95. The van der Waals surface area contributed by atoms with E-state index in [2.05, 4.69) is 16.4 Å². The van der Waals surface area contributed by atoms with Crippen molar-refractivity contribution in [3.05, 3.63) is 24.7 Å². The van der Waals surface area contributed by atoms with E-state index >= 15 is 0 Å². The van der Waals surface area contributed by atoms with Gasteiger partial charge in [-0.25, -0.2) is 8.96 Å². The van der Waals surface area contributed by atoms with E-state index in [1.807, 2.05) is 0 Å². The van der Waals surface area contributed by atoms with Crippen LogP contribution in [-0.4, -0.2) is 61.2 Å². The summed E-state index contributed by atoms with van der Waals surface area (Å²) in [4.78, 5) is 29.5. The zero-order valence-electron chi connectivity index (χ0n) is 11.9. The maximum Gasteiger partial charge on any atom is 0.469 e. The molecule has 4 atom stereocenters. The number of carbonyl (C=O) groups excluding carboxylic acids is 1. The molecule has 0 aliphatic carbocycles. The van der Waals surface area contributed by atoms with Crippen molar-refractivity contribution in [1.82, 2.24) is 10.2 Å². The standard InChI is InChI=1S/C11H16FN2O8P/c1-6-13-7(15)3-4-14(6)9-10(2,17)8(16)11(12,22-9)5-21-23(18,19)20/h3-4,8-9,16-17H,1,5H2,2H3,(H,13,15)(H2,18,19,20)/t8-,9+,10+,11+/m0/s1. The molecule has 0 unspecified atom stereocenters. The lowest BCUT2D eigenvalue weighted by Gasteiger charge is -2.36. The number of hydrogen-bond acceptors (Lipinski definition) is 7. The zero-order chi connectivity index (χ0) is 17.6. The molecular weight excluding hydrogens is 338 g/mol. The van der Waals surface area contributed by atoms with Crippen LogP contribution in [0.1, 0.15) is 6.92 Å². The number of halogens is 1. The van der Waals surface area contributed by atoms with E-state index in [-0.39, 0.29) is 5.82 Å². The molecule has 2 aliphatic rings. The molecule has 1 fully saturated rings. The van der Waals surface area contributed by atoms with Crippen LogP contribution in [0.2, 0.25) is 0 Å². The fraction of sp³-hybridized carbons (Fsp3) is 0.545. The van der Waals surface area contributed by atoms with Crippen LogP contribution in [0.5, 0.6) is 0 Å². The number of aliphatic hydroxyl groups is 2. The van der Waals surface area contributed by atoms with Crippen LogP contribution in [0.3, 0.4) is 0 Å². The molecule has 0 aromatic carbocycles. The predicted octanol–water partition coefficient (Wildman–Crippen LogP) is -1.35. The first-order valence-corrected chi connectivity index (χ1v) is 7.83. The lowest BCUT2D eigenvalue weighted by molar-refractivity contribution is -0.207. The summed E-state index contributed by atoms with van der Waals surface area (Å²) in [7, 11) is -5.02. The van der Waals surface area contributed by atoms with Crippen LogP contribution in [0.15, 0.2) is 24.7 Å². The maximum absolute atomic E-state index is 14.7. The highest BCUT2D eigenvalue weighted by atomic mass is 31.2. The Balaban J connectivity index is 2.26. The number of amides is 1. The average Bonchev–Trinajstić information content (AvgIpc) is 2.58. The molecule has 23 heavy (non-hydrogen) atoms. The molecule has 12 heteroatoms. The zero-order valence-corrected chi connectivity index (χ0v) is 12.8. The minimum absolute atomic E-state index is 0.0462. The van der Waals surface area contributed by atoms with Crippen LogP contribution >= 0.6 is 7.82 Å². The van der Waals surface area contributed by atoms with E-state index < -0.39 is 44.1 Å². The smallest absolute Gasteiger partial charge is 0.384 e. The summed E-state index contributed by atoms with van der Waals surface area (Å²) in [6.07, 6.45) is -1.51. The van der Waals surface area contributed by atoms with Gasteiger partial charge in [-0.2, -0.15) is 0 Å². The molecule has 0 radical (unpaired) electrons. The van der Waals surface area contributed by atoms with Crippen molar-refractivity contribution >= 4 is 13.7 Å². The molecule has 0 bridgehead atoms. The van der Waals surface area contributed by atoms with Crippen molar-refractivity contribution in [1.29, 1.82) is 0 Å². The molecule has 130 valence electrons. The minimum atomic E-state index is -5.02. The number of nitrogens with one attached hydrogen (secondary N) is 1. The van der Waals surface area contributed by atoms with Crippen LogP contribution in [0.25, 0.3) is 0 Å². The van der Waals surface area contributed by atoms with Crippen LogP contribution in [0, 0.1) is 0 Å². The maximum atomic E-state index is 14.7. The van der Waals surface area contributed by atoms with Crippen molar-refractivity contribution < 1.29 is 43.0 Å². The molecule has 5 N–H and O–H groups in total. The number of nitrogens with zero attached hydrogens (tertiary/aromatic N) is 1. The summed E-state index contributed by atoms with van der Waals surface area (Å²) in [5.41, 5.74) is -2.21. The van der Waals surface area contributed by atoms with Crippen molar-refractivity contribution in [2.24, 2.45) is 0 Å². The van der Waals surface area contributed by atoms with Crippen LogP contribution in [0.4, 0.5) is 4.39 Å². The van der Waals surface area contributed by atoms with Gasteiger partial charge in [0.05, 0.1) is 0 Å². The third-order valence-electron chi connectivity index (χ3n) is 3.42. The number of phosphoric acid groups is 1. The molecule has 2 aliphatic heterocycles. The van der Waals surface area contributed by atoms with Gasteiger partial charge in [0, 0.05) is 12.3 Å². The van der Waals surface area contributed by atoms with Crippen molar-refractivity contribution in [3.63, 3.8) is 0 Å². The third-order valence-corrected chi connectivity index (χ3v) is 3.88. The second-order valence-electron chi connectivity index (χ2n) is 5.31. The van der Waals surface area contributed by atoms with Crippen molar-refractivity contribution in [2.75, 3.05) is 6.61 Å². The van der Waals surface area contributed by atoms with Gasteiger partial charge in [-0.05, 0) is 6.92 Å². The number of hydrogen-bond donors (Lipinski definition) is 5. The highest BCUT2D eigenvalue weighted by Gasteiger charge is 2.64. The fourth-order valence-corrected chi connectivity index (χ4v) is 2.61. The number of rotatable bonds is 4. The van der Waals surface area contributed by atoms with Crippen molar-refractivity contribution in [3.8, 4) is 0 Å². The van der Waals surface area contributed by atoms with Crippen LogP contribution in [-0.2, 0) is 18.6 Å². The monoisotopic (exact) mass is 354 g/mol. The van der Waals surface area contributed by atoms with Gasteiger partial charge in [0.15, 0.2) is 6.23 Å². The Hall–Kier alpha value is -1.33. The molecule has 2 rings (SSSR count). The Morgan fingerprint density at radius 2 is 2.22 bits per heavy atom. The summed E-state index contributed by atoms with van der Waals surface area (Å²) < 4.78 is 34.3. The molecule has 0 aromatic rings. The minimum Gasteiger partial charge on any atom is -0.384 e. The van der Waals surface area contributed by atoms with E-state index in [0.29, 0.717) is 0 Å². The molecule has 1 saturated heterocycles. The average molecular weight is 354 g/mol. The van der Waals surface area contributed by atoms with Gasteiger partial charge in [0.1, 0.15) is 24.1 Å². The molecule has 0 spiro atoms. The van der Waals surface area contributed by atoms with Gasteiger partial charge >= 0.3 is 7.82 Å². The Labute approximate surface area is 130 Å². The summed E-state index contributed by atoms with van der Waals surface area (Å²) in [6, 6.07) is 0. The van der Waals surface area contributed by atoms with Gasteiger partial charge in [0.2, 0.25) is 0 Å². The largest absolute Gasteiger partial charge is 0.469 e. The number of carbonyl (C=O) groups is 1. The lowest BCUT2D eigenvalue weighted by Crippen LogP contribution is -2.54. The van der Waals surface area contributed by atoms with Gasteiger partial charge in [0.25, 0.3) is 11.8 Å². The summed E-state index contributed by atoms with van der Waals surface area (Å²) in [6.45, 7) is 3.24. The third kappa shape index (κ3) is 3.45. The fourth-order valence-electron chi connectivity index (χ4n) is 2.27. The number of aliphatic hydroxyl groups excluding tert-OH is 1. The van der Waals surface area contributed by atoms with E-state index in [4.69, 9.17) is 14.5 Å². The van der Waals surface area contributed by atoms with Crippen LogP contribution < -0.4 is 5.32 Å². The van der Waals surface area contributed by atoms with Gasteiger partial charge in [-0.15, -0.1) is 0 Å². The van der Waals surface area contributed by atoms with Gasteiger partial charge in [-0.1, -0.05) is 6.58 Å². The first-order valence-electron chi connectivity index (χ1n) is 6.30. The summed E-state index contributed by atoms with van der Waals surface area (Å²) >= 11 is 0. The molecule has 0 saturated carbocycles. The molecular formula is C11H16FN2O8P. The second kappa shape index (κ2) is 5.64. The predicted molar refractivity (Wildman–Crippen MR) is 71.6 cm³/mol. The Morgan fingerprint density at radius 1 is 1.61 bits per heavy atom. The number of alkyl halides is 1. The topological polar surface area (TPSA) is 149 Å². The highest BCUT2D eigenvalue weighted by Crippen LogP contribution is 2.45. The molecule has 1 amide bonds. The Kier molecular flexibility index (Phi) is 4.41. The molecule has 10 nitrogen and oxygen atoms in total. The SMILES string of the molecule is C=C1NC(=O)C=CN1[C@@H]1O[C@](F)(COP(=O)(O)O)[C@@H](O)[C@@]1(C)O. The molecule has 2 heterocycles.